The quantitative estimate of drug-likeness (QED) is 0.839. The summed E-state index contributed by atoms with van der Waals surface area (Å²) in [6, 6.07) is 3.25. The largest absolute Gasteiger partial charge is 0.419 e. The van der Waals surface area contributed by atoms with Crippen LogP contribution in [0.4, 0.5) is 17.6 Å². The molecule has 7 heteroatoms. The van der Waals surface area contributed by atoms with Crippen LogP contribution >= 0.6 is 11.3 Å². The van der Waals surface area contributed by atoms with E-state index in [1.54, 1.807) is 14.0 Å². The number of hydrogen-bond acceptors (Lipinski definition) is 3. The topological polar surface area (TPSA) is 24.9 Å². The van der Waals surface area contributed by atoms with Crippen molar-refractivity contribution in [3.05, 3.63) is 40.2 Å². The normalized spacial score (nSPS) is 13.5. The zero-order valence-corrected chi connectivity index (χ0v) is 12.5. The fourth-order valence-electron chi connectivity index (χ4n) is 1.97. The summed E-state index contributed by atoms with van der Waals surface area (Å²) in [5.74, 6) is -1.28. The molecule has 0 saturated carbocycles. The van der Waals surface area contributed by atoms with Crippen molar-refractivity contribution < 1.29 is 17.6 Å². The van der Waals surface area contributed by atoms with E-state index in [0.29, 0.717) is 5.69 Å². The number of nitrogens with zero attached hydrogens (tertiary/aromatic N) is 1. The van der Waals surface area contributed by atoms with Gasteiger partial charge in [-0.1, -0.05) is 6.07 Å². The minimum Gasteiger partial charge on any atom is -0.312 e. The van der Waals surface area contributed by atoms with Gasteiger partial charge < -0.3 is 5.32 Å². The second kappa shape index (κ2) is 5.73. The Balaban J connectivity index is 2.53. The molecule has 0 saturated heterocycles. The van der Waals surface area contributed by atoms with Gasteiger partial charge in [0.15, 0.2) is 0 Å². The third-order valence-corrected chi connectivity index (χ3v) is 4.57. The Morgan fingerprint density at radius 2 is 1.95 bits per heavy atom. The predicted molar refractivity (Wildman–Crippen MR) is 74.7 cm³/mol. The molecule has 0 radical (unpaired) electrons. The highest BCUT2D eigenvalue weighted by Gasteiger charge is 2.35. The molecule has 1 N–H and O–H groups in total. The monoisotopic (exact) mass is 318 g/mol. The number of aryl methyl sites for hydroxylation is 1. The molecule has 0 aliphatic carbocycles. The Labute approximate surface area is 123 Å². The van der Waals surface area contributed by atoms with E-state index in [9.17, 15) is 17.6 Å². The Morgan fingerprint density at radius 3 is 2.52 bits per heavy atom. The molecule has 114 valence electrons. The van der Waals surface area contributed by atoms with Gasteiger partial charge in [-0.15, -0.1) is 11.3 Å². The summed E-state index contributed by atoms with van der Waals surface area (Å²) in [5.41, 5.74) is -0.697. The van der Waals surface area contributed by atoms with Crippen LogP contribution in [0.5, 0.6) is 0 Å². The lowest BCUT2D eigenvalue weighted by Gasteiger charge is -2.09. The molecule has 21 heavy (non-hydrogen) atoms. The number of aromatic nitrogens is 1. The molecule has 0 fully saturated rings. The van der Waals surface area contributed by atoms with Gasteiger partial charge in [0, 0.05) is 16.5 Å². The van der Waals surface area contributed by atoms with Crippen molar-refractivity contribution in [2.75, 3.05) is 7.05 Å². The first kappa shape index (κ1) is 15.9. The molecule has 1 heterocycles. The minimum atomic E-state index is -4.71. The fourth-order valence-corrected chi connectivity index (χ4v) is 3.12. The number of thiazole rings is 1. The van der Waals surface area contributed by atoms with Crippen LogP contribution in [0.2, 0.25) is 0 Å². The van der Waals surface area contributed by atoms with Crippen molar-refractivity contribution in [2.45, 2.75) is 26.1 Å². The maximum atomic E-state index is 14.1. The molecule has 1 aromatic carbocycles. The van der Waals surface area contributed by atoms with Gasteiger partial charge >= 0.3 is 6.18 Å². The average molecular weight is 318 g/mol. The molecule has 2 aromatic rings. The van der Waals surface area contributed by atoms with Gasteiger partial charge in [0.1, 0.15) is 10.8 Å². The lowest BCUT2D eigenvalue weighted by Crippen LogP contribution is -2.11. The van der Waals surface area contributed by atoms with Crippen molar-refractivity contribution in [1.82, 2.24) is 10.3 Å². The van der Waals surface area contributed by atoms with E-state index < -0.39 is 17.6 Å². The summed E-state index contributed by atoms with van der Waals surface area (Å²) in [6.45, 7) is 3.67. The van der Waals surface area contributed by atoms with Gasteiger partial charge in [-0.05, 0) is 33.0 Å². The van der Waals surface area contributed by atoms with Gasteiger partial charge in [-0.25, -0.2) is 9.37 Å². The van der Waals surface area contributed by atoms with Crippen LogP contribution in [0.25, 0.3) is 10.6 Å². The van der Waals surface area contributed by atoms with Gasteiger partial charge in [0.05, 0.1) is 11.3 Å². The zero-order chi connectivity index (χ0) is 15.8. The van der Waals surface area contributed by atoms with Crippen LogP contribution in [-0.2, 0) is 6.18 Å². The van der Waals surface area contributed by atoms with E-state index >= 15 is 0 Å². The van der Waals surface area contributed by atoms with Crippen molar-refractivity contribution in [3.8, 4) is 10.6 Å². The van der Waals surface area contributed by atoms with Gasteiger partial charge in [-0.2, -0.15) is 13.2 Å². The molecule has 1 atom stereocenters. The Bertz CT molecular complexity index is 649. The summed E-state index contributed by atoms with van der Waals surface area (Å²) in [7, 11) is 1.77. The molecule has 2 nitrogen and oxygen atoms in total. The van der Waals surface area contributed by atoms with Crippen LogP contribution in [0.15, 0.2) is 18.2 Å². The molecule has 0 amide bonds. The van der Waals surface area contributed by atoms with Gasteiger partial charge in [0.2, 0.25) is 0 Å². The van der Waals surface area contributed by atoms with Gasteiger partial charge in [0.25, 0.3) is 0 Å². The molecule has 1 aromatic heterocycles. The lowest BCUT2D eigenvalue weighted by molar-refractivity contribution is -0.139. The predicted octanol–water partition coefficient (Wildman–Crippen LogP) is 4.56. The van der Waals surface area contributed by atoms with Crippen molar-refractivity contribution in [2.24, 2.45) is 0 Å². The highest BCUT2D eigenvalue weighted by molar-refractivity contribution is 7.15. The van der Waals surface area contributed by atoms with E-state index in [1.807, 2.05) is 6.92 Å². The highest BCUT2D eigenvalue weighted by atomic mass is 32.1. The van der Waals surface area contributed by atoms with Crippen molar-refractivity contribution >= 4 is 11.3 Å². The third-order valence-electron chi connectivity index (χ3n) is 3.19. The van der Waals surface area contributed by atoms with E-state index in [0.717, 1.165) is 10.9 Å². The third kappa shape index (κ3) is 3.08. The number of halogens is 4. The van der Waals surface area contributed by atoms with E-state index in [4.69, 9.17) is 0 Å². The number of benzene rings is 1. The Hall–Kier alpha value is -1.47. The Morgan fingerprint density at radius 1 is 1.29 bits per heavy atom. The first-order valence-corrected chi connectivity index (χ1v) is 7.08. The molecule has 1 unspecified atom stereocenters. The van der Waals surface area contributed by atoms with Crippen LogP contribution in [0, 0.1) is 12.7 Å². The smallest absolute Gasteiger partial charge is 0.312 e. The number of rotatable bonds is 3. The molecular weight excluding hydrogens is 304 g/mol. The second-order valence-corrected chi connectivity index (χ2v) is 5.67. The fraction of sp³-hybridized carbons (Fsp3) is 0.357. The van der Waals surface area contributed by atoms with E-state index in [2.05, 4.69) is 10.3 Å². The van der Waals surface area contributed by atoms with Gasteiger partial charge in [-0.3, -0.25) is 0 Å². The summed E-state index contributed by atoms with van der Waals surface area (Å²) >= 11 is 1.20. The van der Waals surface area contributed by atoms with E-state index in [1.165, 1.54) is 23.5 Å². The highest BCUT2D eigenvalue weighted by Crippen LogP contribution is 2.38. The van der Waals surface area contributed by atoms with E-state index in [-0.39, 0.29) is 16.6 Å². The van der Waals surface area contributed by atoms with Crippen LogP contribution < -0.4 is 5.32 Å². The summed E-state index contributed by atoms with van der Waals surface area (Å²) in [4.78, 5) is 5.08. The first-order valence-electron chi connectivity index (χ1n) is 6.26. The van der Waals surface area contributed by atoms with Crippen LogP contribution in [0.1, 0.15) is 29.1 Å². The van der Waals surface area contributed by atoms with Crippen molar-refractivity contribution in [3.63, 3.8) is 0 Å². The number of alkyl halides is 3. The molecular formula is C14H14F4N2S. The second-order valence-electron chi connectivity index (χ2n) is 4.64. The summed E-state index contributed by atoms with van der Waals surface area (Å²) in [6.07, 6.45) is -4.71. The molecule has 0 aliphatic rings. The first-order chi connectivity index (χ1) is 9.75. The summed E-state index contributed by atoms with van der Waals surface area (Å²) < 4.78 is 52.3. The van der Waals surface area contributed by atoms with Crippen LogP contribution in [-0.4, -0.2) is 12.0 Å². The Kier molecular flexibility index (Phi) is 4.34. The molecule has 0 bridgehead atoms. The zero-order valence-electron chi connectivity index (χ0n) is 11.7. The maximum absolute atomic E-state index is 14.1. The maximum Gasteiger partial charge on any atom is 0.419 e. The molecule has 2 rings (SSSR count). The minimum absolute atomic E-state index is 0.00473. The lowest BCUT2D eigenvalue weighted by atomic mass is 10.1. The standard InChI is InChI=1S/C14H14F4N2S/c1-7(19-3)12-8(2)20-13(21-12)9-5-4-6-10(11(9)15)14(16,17)18/h4-7,19H,1-3H3. The summed E-state index contributed by atoms with van der Waals surface area (Å²) in [5, 5.41) is 3.29. The molecule has 0 aliphatic heterocycles. The van der Waals surface area contributed by atoms with Crippen LogP contribution in [0.3, 0.4) is 0 Å². The van der Waals surface area contributed by atoms with Crippen molar-refractivity contribution in [1.29, 1.82) is 0 Å². The average Bonchev–Trinajstić information content (AvgIpc) is 2.78. The number of nitrogens with one attached hydrogen (secondary N) is 1. The number of hydrogen-bond donors (Lipinski definition) is 1. The SMILES string of the molecule is CNC(C)c1sc(-c2cccc(C(F)(F)F)c2F)nc1C. The molecule has 0 spiro atoms.